The quantitative estimate of drug-likeness (QED) is 0.197. The average molecular weight is 547 g/mol. The molecule has 7 nitrogen and oxygen atoms in total. The Balaban J connectivity index is 1.26. The van der Waals surface area contributed by atoms with Crippen LogP contribution in [0.5, 0.6) is 0 Å². The third kappa shape index (κ3) is 6.00. The topological polar surface area (TPSA) is 86.1 Å². The van der Waals surface area contributed by atoms with E-state index in [1.54, 1.807) is 0 Å². The van der Waals surface area contributed by atoms with E-state index in [9.17, 15) is 9.59 Å². The lowest BCUT2D eigenvalue weighted by Crippen LogP contribution is -2.15. The number of hydrogen-bond donors (Lipinski definition) is 1. The normalized spacial score (nSPS) is 12.7. The van der Waals surface area contributed by atoms with Gasteiger partial charge in [0.05, 0.1) is 12.7 Å². The first kappa shape index (κ1) is 26.2. The molecule has 9 heteroatoms. The molecule has 1 aliphatic rings. The molecule has 2 heterocycles. The molecule has 5 rings (SSSR count). The van der Waals surface area contributed by atoms with Gasteiger partial charge in [-0.15, -0.1) is 21.5 Å². The van der Waals surface area contributed by atoms with Crippen LogP contribution in [-0.4, -0.2) is 39.5 Å². The Morgan fingerprint density at radius 1 is 1.00 bits per heavy atom. The highest BCUT2D eigenvalue weighted by atomic mass is 32.2. The highest BCUT2D eigenvalue weighted by Gasteiger charge is 2.27. The second-order valence-corrected chi connectivity index (χ2v) is 11.3. The second kappa shape index (κ2) is 12.4. The summed E-state index contributed by atoms with van der Waals surface area (Å²) in [6, 6.07) is 20.4. The van der Waals surface area contributed by atoms with E-state index in [2.05, 4.69) is 32.2 Å². The van der Waals surface area contributed by atoms with Crippen LogP contribution < -0.4 is 5.32 Å². The average Bonchev–Trinajstić information content (AvgIpc) is 3.53. The van der Waals surface area contributed by atoms with Gasteiger partial charge in [0.1, 0.15) is 10.8 Å². The Morgan fingerprint density at radius 2 is 1.74 bits per heavy atom. The predicted octanol–water partition coefficient (Wildman–Crippen LogP) is 5.90. The summed E-state index contributed by atoms with van der Waals surface area (Å²) in [5.74, 6) is 0.914. The van der Waals surface area contributed by atoms with Crippen molar-refractivity contribution >= 4 is 40.0 Å². The molecule has 196 valence electrons. The zero-order valence-electron chi connectivity index (χ0n) is 21.3. The summed E-state index contributed by atoms with van der Waals surface area (Å²) in [5.41, 5.74) is 3.82. The SMILES string of the molecule is COC(=O)c1c(NC(=O)CCSc2nnc(CCc3ccccc3)n2-c2ccccc2)sc2c1CCCC2. The van der Waals surface area contributed by atoms with Gasteiger partial charge in [-0.05, 0) is 55.4 Å². The number of rotatable bonds is 10. The number of nitrogens with zero attached hydrogens (tertiary/aromatic N) is 3. The van der Waals surface area contributed by atoms with Crippen LogP contribution in [0.2, 0.25) is 0 Å². The van der Waals surface area contributed by atoms with Crippen LogP contribution in [0.4, 0.5) is 5.00 Å². The minimum atomic E-state index is -0.381. The largest absolute Gasteiger partial charge is 0.465 e. The maximum atomic E-state index is 12.9. The van der Waals surface area contributed by atoms with E-state index in [0.29, 0.717) is 16.3 Å². The number of fused-ring (bicyclic) bond motifs is 1. The van der Waals surface area contributed by atoms with Crippen molar-refractivity contribution in [1.29, 1.82) is 0 Å². The first-order valence-corrected chi connectivity index (χ1v) is 14.6. The number of para-hydroxylation sites is 1. The Kier molecular flexibility index (Phi) is 8.55. The maximum absolute atomic E-state index is 12.9. The number of ether oxygens (including phenoxy) is 1. The van der Waals surface area contributed by atoms with Crippen LogP contribution in [0.1, 0.15) is 51.4 Å². The Hall–Kier alpha value is -3.43. The Morgan fingerprint density at radius 3 is 2.50 bits per heavy atom. The molecule has 1 N–H and O–H groups in total. The Bertz CT molecular complexity index is 1400. The third-order valence-electron chi connectivity index (χ3n) is 6.57. The van der Waals surface area contributed by atoms with Gasteiger partial charge in [-0.1, -0.05) is 60.3 Å². The summed E-state index contributed by atoms with van der Waals surface area (Å²) in [6.45, 7) is 0. The number of nitrogens with one attached hydrogen (secondary N) is 1. The molecule has 0 fully saturated rings. The number of thiophene rings is 1. The molecule has 1 aliphatic carbocycles. The molecule has 4 aromatic rings. The van der Waals surface area contributed by atoms with Crippen molar-refractivity contribution in [3.8, 4) is 5.69 Å². The molecule has 0 aliphatic heterocycles. The highest BCUT2D eigenvalue weighted by Crippen LogP contribution is 2.38. The van der Waals surface area contributed by atoms with Gasteiger partial charge in [0, 0.05) is 29.2 Å². The Labute approximate surface area is 230 Å². The number of carbonyl (C=O) groups excluding carboxylic acids is 2. The van der Waals surface area contributed by atoms with Crippen LogP contribution in [0.15, 0.2) is 65.8 Å². The zero-order chi connectivity index (χ0) is 26.3. The number of aromatic nitrogens is 3. The number of amides is 1. The summed E-state index contributed by atoms with van der Waals surface area (Å²) in [7, 11) is 1.38. The second-order valence-electron chi connectivity index (χ2n) is 9.11. The number of anilines is 1. The molecule has 0 unspecified atom stereocenters. The van der Waals surface area contributed by atoms with Crippen LogP contribution in [0.3, 0.4) is 0 Å². The van der Waals surface area contributed by atoms with Gasteiger partial charge in [0.15, 0.2) is 5.16 Å². The fourth-order valence-corrected chi connectivity index (χ4v) is 6.89. The lowest BCUT2D eigenvalue weighted by molar-refractivity contribution is -0.115. The number of benzene rings is 2. The van der Waals surface area contributed by atoms with Gasteiger partial charge >= 0.3 is 5.97 Å². The van der Waals surface area contributed by atoms with Gasteiger partial charge in [-0.3, -0.25) is 9.36 Å². The predicted molar refractivity (Wildman–Crippen MR) is 151 cm³/mol. The van der Waals surface area contributed by atoms with Crippen molar-refractivity contribution in [3.05, 3.63) is 88.1 Å². The van der Waals surface area contributed by atoms with Crippen molar-refractivity contribution in [1.82, 2.24) is 14.8 Å². The van der Waals surface area contributed by atoms with E-state index in [4.69, 9.17) is 4.74 Å². The van der Waals surface area contributed by atoms with E-state index in [1.165, 1.54) is 40.6 Å². The first-order valence-electron chi connectivity index (χ1n) is 12.8. The van der Waals surface area contributed by atoms with Gasteiger partial charge in [0.2, 0.25) is 5.91 Å². The molecule has 2 aromatic carbocycles. The molecule has 0 saturated heterocycles. The van der Waals surface area contributed by atoms with E-state index in [-0.39, 0.29) is 18.3 Å². The van der Waals surface area contributed by atoms with Crippen LogP contribution in [0, 0.1) is 0 Å². The molecule has 0 bridgehead atoms. The van der Waals surface area contributed by atoms with Crippen molar-refractivity contribution in [3.63, 3.8) is 0 Å². The van der Waals surface area contributed by atoms with Crippen LogP contribution in [-0.2, 0) is 35.2 Å². The summed E-state index contributed by atoms with van der Waals surface area (Å²) in [6.07, 6.45) is 5.86. The fraction of sp³-hybridized carbons (Fsp3) is 0.310. The van der Waals surface area contributed by atoms with E-state index < -0.39 is 0 Å². The molecule has 38 heavy (non-hydrogen) atoms. The fourth-order valence-electron chi connectivity index (χ4n) is 4.69. The lowest BCUT2D eigenvalue weighted by atomic mass is 9.95. The number of esters is 1. The van der Waals surface area contributed by atoms with Gasteiger partial charge in [-0.2, -0.15) is 0 Å². The summed E-state index contributed by atoms with van der Waals surface area (Å²) < 4.78 is 7.10. The van der Waals surface area contributed by atoms with Gasteiger partial charge in [0.25, 0.3) is 0 Å². The molecular weight excluding hydrogens is 516 g/mol. The molecule has 0 atom stereocenters. The lowest BCUT2D eigenvalue weighted by Gasteiger charge is -2.12. The number of hydrogen-bond acceptors (Lipinski definition) is 7. The summed E-state index contributed by atoms with van der Waals surface area (Å²) in [4.78, 5) is 26.5. The maximum Gasteiger partial charge on any atom is 0.341 e. The first-order chi connectivity index (χ1) is 18.6. The van der Waals surface area contributed by atoms with Gasteiger partial charge in [-0.25, -0.2) is 4.79 Å². The van der Waals surface area contributed by atoms with Gasteiger partial charge < -0.3 is 10.1 Å². The summed E-state index contributed by atoms with van der Waals surface area (Å²) in [5, 5.41) is 13.3. The number of carbonyl (C=O) groups is 2. The van der Waals surface area contributed by atoms with E-state index >= 15 is 0 Å². The van der Waals surface area contributed by atoms with Crippen molar-refractivity contribution < 1.29 is 14.3 Å². The van der Waals surface area contributed by atoms with Crippen molar-refractivity contribution in [2.75, 3.05) is 18.2 Å². The number of thioether (sulfide) groups is 1. The minimum Gasteiger partial charge on any atom is -0.465 e. The van der Waals surface area contributed by atoms with Crippen LogP contribution in [0.25, 0.3) is 5.69 Å². The number of aryl methyl sites for hydroxylation is 3. The van der Waals surface area contributed by atoms with Crippen LogP contribution >= 0.6 is 23.1 Å². The molecule has 1 amide bonds. The monoisotopic (exact) mass is 546 g/mol. The summed E-state index contributed by atoms with van der Waals surface area (Å²) >= 11 is 3.01. The highest BCUT2D eigenvalue weighted by molar-refractivity contribution is 7.99. The number of methoxy groups -OCH3 is 1. The van der Waals surface area contributed by atoms with Crippen molar-refractivity contribution in [2.24, 2.45) is 0 Å². The molecule has 0 radical (unpaired) electrons. The van der Waals surface area contributed by atoms with E-state index in [1.807, 2.05) is 48.5 Å². The zero-order valence-corrected chi connectivity index (χ0v) is 22.9. The molecular formula is C29H30N4O3S2. The smallest absolute Gasteiger partial charge is 0.341 e. The minimum absolute atomic E-state index is 0.128. The van der Waals surface area contributed by atoms with E-state index in [0.717, 1.165) is 60.8 Å². The standard InChI is InChI=1S/C29H30N4O3S2/c1-36-28(35)26-22-14-8-9-15-23(22)38-27(26)30-25(34)18-19-37-29-32-31-24(17-16-20-10-4-2-5-11-20)33(29)21-12-6-3-7-13-21/h2-7,10-13H,8-9,14-19H2,1H3,(H,30,34). The van der Waals surface area contributed by atoms with Crippen molar-refractivity contribution in [2.45, 2.75) is 50.1 Å². The molecule has 2 aromatic heterocycles. The molecule has 0 saturated carbocycles. The third-order valence-corrected chi connectivity index (χ3v) is 8.71. The molecule has 0 spiro atoms.